The zero-order chi connectivity index (χ0) is 16.8. The summed E-state index contributed by atoms with van der Waals surface area (Å²) in [5.74, 6) is 0.863. The van der Waals surface area contributed by atoms with Crippen molar-refractivity contribution >= 4 is 18.6 Å². The molecule has 0 bridgehead atoms. The number of hydrazone groups is 1. The maximum absolute atomic E-state index is 5.24. The van der Waals surface area contributed by atoms with Crippen molar-refractivity contribution < 1.29 is 4.74 Å². The second kappa shape index (κ2) is 9.44. The van der Waals surface area contributed by atoms with Gasteiger partial charge >= 0.3 is 0 Å². The molecule has 0 aromatic heterocycles. The molecule has 0 atom stereocenters. The summed E-state index contributed by atoms with van der Waals surface area (Å²) in [6.07, 6.45) is 1.91. The van der Waals surface area contributed by atoms with Crippen molar-refractivity contribution in [2.45, 2.75) is 13.5 Å². The highest BCUT2D eigenvalue weighted by Crippen LogP contribution is 2.12. The third kappa shape index (κ3) is 5.76. The monoisotopic (exact) mass is 359 g/mol. The lowest BCUT2D eigenvalue weighted by Crippen LogP contribution is -2.43. The summed E-state index contributed by atoms with van der Waals surface area (Å²) in [6, 6.07) is 16.8. The standard InChI is InChI=1S/C20H25N3O.ClH/c1-17-6-8-18(9-7-17)16-22-10-12-23(13-11-22)21-15-19-4-3-5-20(14-19)24-2;/h3-9,14-15H,10-13,16H2,1-2H3;1H/b21-15+;. The molecule has 0 N–H and O–H groups in total. The Morgan fingerprint density at radius 2 is 1.76 bits per heavy atom. The van der Waals surface area contributed by atoms with Gasteiger partial charge in [-0.1, -0.05) is 42.0 Å². The predicted octanol–water partition coefficient (Wildman–Crippen LogP) is 3.58. The van der Waals surface area contributed by atoms with Crippen LogP contribution < -0.4 is 4.74 Å². The molecule has 1 saturated heterocycles. The molecule has 0 aliphatic carbocycles. The first kappa shape index (κ1) is 19.3. The van der Waals surface area contributed by atoms with E-state index in [1.807, 2.05) is 30.5 Å². The molecule has 1 aliphatic heterocycles. The van der Waals surface area contributed by atoms with E-state index >= 15 is 0 Å². The topological polar surface area (TPSA) is 28.1 Å². The van der Waals surface area contributed by atoms with Gasteiger partial charge in [-0.05, 0) is 30.2 Å². The van der Waals surface area contributed by atoms with Crippen molar-refractivity contribution in [2.75, 3.05) is 33.3 Å². The van der Waals surface area contributed by atoms with Gasteiger partial charge in [0.1, 0.15) is 5.75 Å². The van der Waals surface area contributed by atoms with Crippen LogP contribution in [-0.4, -0.2) is 49.4 Å². The summed E-state index contributed by atoms with van der Waals surface area (Å²) in [5.41, 5.74) is 3.76. The number of aryl methyl sites for hydroxylation is 1. The Bertz CT molecular complexity index is 680. The zero-order valence-corrected chi connectivity index (χ0v) is 15.7. The van der Waals surface area contributed by atoms with Gasteiger partial charge in [-0.2, -0.15) is 5.10 Å². The molecule has 0 amide bonds. The maximum Gasteiger partial charge on any atom is 0.119 e. The molecule has 2 aromatic rings. The van der Waals surface area contributed by atoms with Crippen molar-refractivity contribution in [3.05, 3.63) is 65.2 Å². The van der Waals surface area contributed by atoms with Crippen LogP contribution in [-0.2, 0) is 6.54 Å². The zero-order valence-electron chi connectivity index (χ0n) is 14.9. The van der Waals surface area contributed by atoms with E-state index in [0.29, 0.717) is 0 Å². The fraction of sp³-hybridized carbons (Fsp3) is 0.350. The van der Waals surface area contributed by atoms with Gasteiger partial charge in [0.15, 0.2) is 0 Å². The number of nitrogens with zero attached hydrogens (tertiary/aromatic N) is 3. The summed E-state index contributed by atoms with van der Waals surface area (Å²) in [5, 5.41) is 6.75. The van der Waals surface area contributed by atoms with E-state index in [-0.39, 0.29) is 12.4 Å². The molecule has 5 heteroatoms. The lowest BCUT2D eigenvalue weighted by molar-refractivity contribution is 0.131. The number of rotatable bonds is 5. The Morgan fingerprint density at radius 3 is 2.44 bits per heavy atom. The van der Waals surface area contributed by atoms with E-state index in [1.54, 1.807) is 7.11 Å². The molecule has 0 spiro atoms. The van der Waals surface area contributed by atoms with Gasteiger partial charge in [-0.25, -0.2) is 0 Å². The first-order valence-corrected chi connectivity index (χ1v) is 8.44. The summed E-state index contributed by atoms with van der Waals surface area (Å²) >= 11 is 0. The number of hydrogen-bond donors (Lipinski definition) is 0. The number of benzene rings is 2. The van der Waals surface area contributed by atoms with Gasteiger partial charge in [0.05, 0.1) is 13.3 Å². The lowest BCUT2D eigenvalue weighted by atomic mass is 10.1. The Kier molecular flexibility index (Phi) is 7.29. The molecule has 1 heterocycles. The highest BCUT2D eigenvalue weighted by molar-refractivity contribution is 5.85. The fourth-order valence-corrected chi connectivity index (χ4v) is 2.83. The fourth-order valence-electron chi connectivity index (χ4n) is 2.83. The number of hydrogen-bond acceptors (Lipinski definition) is 4. The van der Waals surface area contributed by atoms with Crippen LogP contribution in [0, 0.1) is 6.92 Å². The average Bonchev–Trinajstić information content (AvgIpc) is 2.63. The molecule has 25 heavy (non-hydrogen) atoms. The van der Waals surface area contributed by atoms with E-state index in [0.717, 1.165) is 44.0 Å². The highest BCUT2D eigenvalue weighted by atomic mass is 35.5. The van der Waals surface area contributed by atoms with Gasteiger partial charge in [-0.3, -0.25) is 9.91 Å². The van der Waals surface area contributed by atoms with E-state index in [1.165, 1.54) is 11.1 Å². The van der Waals surface area contributed by atoms with Crippen molar-refractivity contribution in [1.29, 1.82) is 0 Å². The van der Waals surface area contributed by atoms with Crippen LogP contribution >= 0.6 is 12.4 Å². The number of ether oxygens (including phenoxy) is 1. The van der Waals surface area contributed by atoms with Crippen molar-refractivity contribution in [1.82, 2.24) is 9.91 Å². The normalized spacial score (nSPS) is 15.2. The second-order valence-corrected chi connectivity index (χ2v) is 6.24. The van der Waals surface area contributed by atoms with Gasteiger partial charge in [-0.15, -0.1) is 12.4 Å². The minimum absolute atomic E-state index is 0. The Balaban J connectivity index is 0.00000225. The predicted molar refractivity (Wildman–Crippen MR) is 106 cm³/mol. The number of halogens is 1. The minimum Gasteiger partial charge on any atom is -0.497 e. The van der Waals surface area contributed by atoms with Crippen LogP contribution in [0.15, 0.2) is 53.6 Å². The number of methoxy groups -OCH3 is 1. The van der Waals surface area contributed by atoms with Gasteiger partial charge in [0.2, 0.25) is 0 Å². The molecule has 0 radical (unpaired) electrons. The smallest absolute Gasteiger partial charge is 0.119 e. The van der Waals surface area contributed by atoms with Crippen molar-refractivity contribution in [2.24, 2.45) is 5.10 Å². The summed E-state index contributed by atoms with van der Waals surface area (Å²) in [4.78, 5) is 2.49. The van der Waals surface area contributed by atoms with Gasteiger partial charge in [0, 0.05) is 32.7 Å². The Morgan fingerprint density at radius 1 is 1.04 bits per heavy atom. The van der Waals surface area contributed by atoms with Crippen molar-refractivity contribution in [3.8, 4) is 5.75 Å². The lowest BCUT2D eigenvalue weighted by Gasteiger charge is -2.33. The molecule has 2 aromatic carbocycles. The molecular formula is C20H26ClN3O. The van der Waals surface area contributed by atoms with Gasteiger partial charge in [0.25, 0.3) is 0 Å². The molecule has 3 rings (SSSR count). The Hall–Kier alpha value is -2.04. The van der Waals surface area contributed by atoms with Crippen molar-refractivity contribution in [3.63, 3.8) is 0 Å². The van der Waals surface area contributed by atoms with E-state index in [4.69, 9.17) is 4.74 Å². The summed E-state index contributed by atoms with van der Waals surface area (Å²) in [7, 11) is 1.68. The highest BCUT2D eigenvalue weighted by Gasteiger charge is 2.15. The minimum atomic E-state index is 0. The summed E-state index contributed by atoms with van der Waals surface area (Å²) < 4.78 is 5.24. The van der Waals surface area contributed by atoms with Crippen LogP contribution in [0.25, 0.3) is 0 Å². The molecular weight excluding hydrogens is 334 g/mol. The molecule has 134 valence electrons. The van der Waals surface area contributed by atoms with E-state index < -0.39 is 0 Å². The van der Waals surface area contributed by atoms with Gasteiger partial charge < -0.3 is 4.74 Å². The van der Waals surface area contributed by atoms with Crippen LogP contribution in [0.3, 0.4) is 0 Å². The van der Waals surface area contributed by atoms with Crippen LogP contribution in [0.2, 0.25) is 0 Å². The van der Waals surface area contributed by atoms with Crippen LogP contribution in [0.5, 0.6) is 5.75 Å². The van der Waals surface area contributed by atoms with E-state index in [9.17, 15) is 0 Å². The molecule has 1 fully saturated rings. The third-order valence-corrected chi connectivity index (χ3v) is 4.34. The maximum atomic E-state index is 5.24. The Labute approximate surface area is 156 Å². The SMILES string of the molecule is COc1cccc(/C=N/N2CCN(Cc3ccc(C)cc3)CC2)c1.Cl. The second-order valence-electron chi connectivity index (χ2n) is 6.24. The van der Waals surface area contributed by atoms with E-state index in [2.05, 4.69) is 46.2 Å². The first-order valence-electron chi connectivity index (χ1n) is 8.44. The molecule has 4 nitrogen and oxygen atoms in total. The quantitative estimate of drug-likeness (QED) is 0.764. The third-order valence-electron chi connectivity index (χ3n) is 4.34. The number of piperazine rings is 1. The molecule has 1 aliphatic rings. The molecule has 0 saturated carbocycles. The average molecular weight is 360 g/mol. The first-order chi connectivity index (χ1) is 11.7. The largest absolute Gasteiger partial charge is 0.497 e. The summed E-state index contributed by atoms with van der Waals surface area (Å²) in [6.45, 7) is 7.17. The van der Waals surface area contributed by atoms with Crippen LogP contribution in [0.1, 0.15) is 16.7 Å². The molecule has 0 unspecified atom stereocenters. The van der Waals surface area contributed by atoms with Crippen LogP contribution in [0.4, 0.5) is 0 Å².